The molecule has 0 aliphatic rings. The monoisotopic (exact) mass is 784 g/mol. The smallest absolute Gasteiger partial charge is 0.154 e. The van der Waals surface area contributed by atoms with Gasteiger partial charge in [0.2, 0.25) is 0 Å². The van der Waals surface area contributed by atoms with E-state index < -0.39 is 0 Å². The fourth-order valence-corrected chi connectivity index (χ4v) is 9.41. The molecule has 1 aromatic heterocycles. The molecule has 2 nitrogen and oxygen atoms in total. The van der Waals surface area contributed by atoms with Crippen molar-refractivity contribution in [3.63, 3.8) is 0 Å². The van der Waals surface area contributed by atoms with Gasteiger partial charge in [0.1, 0.15) is 0 Å². The number of rotatable bonds is 9. The average molecular weight is 785 g/mol. The molecule has 60 heavy (non-hydrogen) atoms. The van der Waals surface area contributed by atoms with Gasteiger partial charge >= 0.3 is 0 Å². The summed E-state index contributed by atoms with van der Waals surface area (Å²) in [6, 6.07) is 79.9. The molecule has 0 fully saturated rings. The molecule has 0 aliphatic carbocycles. The van der Waals surface area contributed by atoms with Gasteiger partial charge in [-0.15, -0.1) is 11.3 Å². The van der Waals surface area contributed by atoms with Crippen LogP contribution in [0.25, 0.3) is 75.8 Å². The number of hydrogen-bond donors (Lipinski definition) is 0. The van der Waals surface area contributed by atoms with Crippen LogP contribution in [0.15, 0.2) is 234 Å². The van der Waals surface area contributed by atoms with Crippen LogP contribution in [0, 0.1) is 0 Å². The van der Waals surface area contributed by atoms with Gasteiger partial charge in [-0.1, -0.05) is 194 Å². The number of amidine groups is 1. The van der Waals surface area contributed by atoms with E-state index in [1.165, 1.54) is 75.8 Å². The molecule has 0 bridgehead atoms. The second kappa shape index (κ2) is 16.8. The standard InChI is InChI=1S/C57H40N2S/c1-7-19-40(20-8-1)38-58-57(45-29-17-6-18-30-45)59-39-46-31-32-51(50-34-47(41-21-9-2-10-22-41)33-48(35-50)42-23-11-3-12-24-42)56-54(46)53-37-49(43-25-13-4-14-26-43)36-52(55(53)60-56)44-27-15-5-16-28-44/h1-37,39H,38H2. The highest BCUT2D eigenvalue weighted by Crippen LogP contribution is 2.47. The lowest BCUT2D eigenvalue weighted by molar-refractivity contribution is 1.06. The third-order valence-electron chi connectivity index (χ3n) is 11.0. The van der Waals surface area contributed by atoms with Crippen molar-refractivity contribution in [2.24, 2.45) is 9.98 Å². The zero-order valence-electron chi connectivity index (χ0n) is 32.9. The SMILES string of the molecule is C(=NC(=NCc1ccccc1)c1ccccc1)c1ccc(-c2cc(-c3ccccc3)cc(-c3ccccc3)c2)c2sc3c(-c4ccccc4)cc(-c4ccccc4)cc3c12. The molecular weight excluding hydrogens is 745 g/mol. The third-order valence-corrected chi connectivity index (χ3v) is 12.3. The molecule has 10 rings (SSSR count). The topological polar surface area (TPSA) is 24.7 Å². The molecule has 9 aromatic carbocycles. The summed E-state index contributed by atoms with van der Waals surface area (Å²) in [5.41, 5.74) is 15.1. The van der Waals surface area contributed by atoms with Crippen molar-refractivity contribution in [2.45, 2.75) is 6.54 Å². The summed E-state index contributed by atoms with van der Waals surface area (Å²) in [6.07, 6.45) is 2.03. The van der Waals surface area contributed by atoms with E-state index in [1.54, 1.807) is 0 Å². The van der Waals surface area contributed by atoms with Crippen molar-refractivity contribution in [2.75, 3.05) is 0 Å². The Morgan fingerprint density at radius 3 is 1.45 bits per heavy atom. The minimum atomic E-state index is 0.542. The van der Waals surface area contributed by atoms with Crippen molar-refractivity contribution < 1.29 is 0 Å². The maximum atomic E-state index is 5.22. The summed E-state index contributed by atoms with van der Waals surface area (Å²) in [4.78, 5) is 10.3. The highest BCUT2D eigenvalue weighted by atomic mass is 32.1. The van der Waals surface area contributed by atoms with Gasteiger partial charge < -0.3 is 0 Å². The third kappa shape index (κ3) is 7.63. The van der Waals surface area contributed by atoms with Crippen LogP contribution >= 0.6 is 11.3 Å². The van der Waals surface area contributed by atoms with Crippen LogP contribution < -0.4 is 0 Å². The normalized spacial score (nSPS) is 11.8. The molecule has 0 saturated carbocycles. The number of aliphatic imine (C=N–C) groups is 2. The lowest BCUT2D eigenvalue weighted by Crippen LogP contribution is -2.00. The summed E-state index contributed by atoms with van der Waals surface area (Å²) >= 11 is 1.87. The van der Waals surface area contributed by atoms with E-state index in [9.17, 15) is 0 Å². The fraction of sp³-hybridized carbons (Fsp3) is 0.0175. The van der Waals surface area contributed by atoms with Gasteiger partial charge in [-0.3, -0.25) is 4.99 Å². The van der Waals surface area contributed by atoms with E-state index in [2.05, 4.69) is 200 Å². The minimum Gasteiger partial charge on any atom is -0.261 e. The van der Waals surface area contributed by atoms with Gasteiger partial charge in [-0.2, -0.15) is 0 Å². The van der Waals surface area contributed by atoms with Crippen molar-refractivity contribution >= 4 is 43.6 Å². The molecule has 3 heteroatoms. The molecular formula is C57H40N2S. The molecule has 0 saturated heterocycles. The number of thiophene rings is 1. The molecule has 0 amide bonds. The van der Waals surface area contributed by atoms with Crippen LogP contribution in [-0.4, -0.2) is 12.1 Å². The summed E-state index contributed by atoms with van der Waals surface area (Å²) in [6.45, 7) is 0.542. The Morgan fingerprint density at radius 1 is 0.400 bits per heavy atom. The van der Waals surface area contributed by atoms with Gasteiger partial charge in [0.05, 0.1) is 6.54 Å². The van der Waals surface area contributed by atoms with E-state index in [-0.39, 0.29) is 0 Å². The number of nitrogens with zero attached hydrogens (tertiary/aromatic N) is 2. The predicted octanol–water partition coefficient (Wildman–Crippen LogP) is 15.5. The Hall–Kier alpha value is -7.46. The maximum absolute atomic E-state index is 5.22. The summed E-state index contributed by atoms with van der Waals surface area (Å²) < 4.78 is 2.48. The summed E-state index contributed by atoms with van der Waals surface area (Å²) in [5.74, 6) is 0.703. The molecule has 284 valence electrons. The van der Waals surface area contributed by atoms with Crippen LogP contribution in [0.2, 0.25) is 0 Å². The van der Waals surface area contributed by atoms with Crippen LogP contribution in [0.4, 0.5) is 0 Å². The fourth-order valence-electron chi connectivity index (χ4n) is 8.02. The van der Waals surface area contributed by atoms with Crippen LogP contribution in [0.3, 0.4) is 0 Å². The highest BCUT2D eigenvalue weighted by Gasteiger charge is 2.20. The van der Waals surface area contributed by atoms with E-state index in [0.717, 1.165) is 16.7 Å². The minimum absolute atomic E-state index is 0.542. The number of hydrogen-bond acceptors (Lipinski definition) is 2. The van der Waals surface area contributed by atoms with Crippen molar-refractivity contribution in [1.29, 1.82) is 0 Å². The largest absolute Gasteiger partial charge is 0.261 e. The first kappa shape index (κ1) is 36.9. The van der Waals surface area contributed by atoms with Crippen molar-refractivity contribution in [3.8, 4) is 55.6 Å². The van der Waals surface area contributed by atoms with Crippen molar-refractivity contribution in [3.05, 3.63) is 241 Å². The van der Waals surface area contributed by atoms with E-state index in [4.69, 9.17) is 9.98 Å². The zero-order valence-corrected chi connectivity index (χ0v) is 33.8. The molecule has 1 heterocycles. The van der Waals surface area contributed by atoms with Gasteiger partial charge in [-0.25, -0.2) is 4.99 Å². The Morgan fingerprint density at radius 2 is 0.883 bits per heavy atom. The maximum Gasteiger partial charge on any atom is 0.154 e. The van der Waals surface area contributed by atoms with Crippen LogP contribution in [0.5, 0.6) is 0 Å². The highest BCUT2D eigenvalue weighted by molar-refractivity contribution is 7.27. The lowest BCUT2D eigenvalue weighted by atomic mass is 9.91. The van der Waals surface area contributed by atoms with Gasteiger partial charge in [0, 0.05) is 43.1 Å². The lowest BCUT2D eigenvalue weighted by Gasteiger charge is -2.13. The number of fused-ring (bicyclic) bond motifs is 3. The molecule has 0 aliphatic heterocycles. The number of benzene rings is 9. The first-order valence-electron chi connectivity index (χ1n) is 20.3. The van der Waals surface area contributed by atoms with Crippen LogP contribution in [-0.2, 0) is 6.54 Å². The predicted molar refractivity (Wildman–Crippen MR) is 257 cm³/mol. The van der Waals surface area contributed by atoms with E-state index >= 15 is 0 Å². The second-order valence-electron chi connectivity index (χ2n) is 14.9. The van der Waals surface area contributed by atoms with Gasteiger partial charge in [0.25, 0.3) is 0 Å². The quantitative estimate of drug-likeness (QED) is 0.103. The molecule has 0 atom stereocenters. The Kier molecular flexibility index (Phi) is 10.3. The molecule has 0 unspecified atom stereocenters. The average Bonchev–Trinajstić information content (AvgIpc) is 3.73. The Bertz CT molecular complexity index is 3060. The first-order valence-corrected chi connectivity index (χ1v) is 21.2. The molecule has 0 N–H and O–H groups in total. The summed E-state index contributed by atoms with van der Waals surface area (Å²) in [7, 11) is 0. The van der Waals surface area contributed by atoms with Gasteiger partial charge in [0.15, 0.2) is 5.84 Å². The second-order valence-corrected chi connectivity index (χ2v) is 15.9. The zero-order chi connectivity index (χ0) is 40.1. The molecule has 10 aromatic rings. The van der Waals surface area contributed by atoms with Gasteiger partial charge in [-0.05, 0) is 86.0 Å². The van der Waals surface area contributed by atoms with Crippen LogP contribution in [0.1, 0.15) is 16.7 Å². The molecule has 0 spiro atoms. The Labute approximate surface area is 355 Å². The molecule has 0 radical (unpaired) electrons. The van der Waals surface area contributed by atoms with Crippen molar-refractivity contribution in [1.82, 2.24) is 0 Å². The Balaban J connectivity index is 1.24. The summed E-state index contributed by atoms with van der Waals surface area (Å²) in [5, 5.41) is 2.40. The van der Waals surface area contributed by atoms with E-state index in [1.807, 2.05) is 41.8 Å². The van der Waals surface area contributed by atoms with E-state index in [0.29, 0.717) is 12.4 Å². The first-order chi connectivity index (χ1) is 29.7.